The predicted octanol–water partition coefficient (Wildman–Crippen LogP) is 0.943. The Morgan fingerprint density at radius 1 is 1.25 bits per heavy atom. The highest BCUT2D eigenvalue weighted by Gasteiger charge is 2.06. The lowest BCUT2D eigenvalue weighted by atomic mass is 10.1. The molecule has 1 atom stereocenters. The minimum atomic E-state index is -0.270. The standard InChI is InChI=1S/C12H13N3O/c13-11(10-5-2-1-3-6-10)9-15-8-4-7-14-12(15)16/h1-8,11H,9,13H2. The molecule has 1 aromatic carbocycles. The molecule has 16 heavy (non-hydrogen) atoms. The lowest BCUT2D eigenvalue weighted by Gasteiger charge is -2.12. The second-order valence-electron chi connectivity index (χ2n) is 3.57. The highest BCUT2D eigenvalue weighted by molar-refractivity contribution is 5.18. The van der Waals surface area contributed by atoms with Gasteiger partial charge in [-0.2, -0.15) is 0 Å². The summed E-state index contributed by atoms with van der Waals surface area (Å²) in [5.41, 5.74) is 6.75. The molecule has 0 amide bonds. The maximum atomic E-state index is 11.4. The summed E-state index contributed by atoms with van der Waals surface area (Å²) in [6.07, 6.45) is 3.17. The summed E-state index contributed by atoms with van der Waals surface area (Å²) in [5, 5.41) is 0. The first kappa shape index (κ1) is 10.6. The van der Waals surface area contributed by atoms with Gasteiger partial charge in [0.1, 0.15) is 0 Å². The Labute approximate surface area is 93.4 Å². The minimum absolute atomic E-state index is 0.192. The van der Waals surface area contributed by atoms with Crippen LogP contribution in [0.4, 0.5) is 0 Å². The molecule has 0 radical (unpaired) electrons. The molecule has 0 aliphatic rings. The topological polar surface area (TPSA) is 60.9 Å². The van der Waals surface area contributed by atoms with Crippen molar-refractivity contribution in [2.45, 2.75) is 12.6 Å². The Hall–Kier alpha value is -1.94. The van der Waals surface area contributed by atoms with Gasteiger partial charge in [0.2, 0.25) is 0 Å². The quantitative estimate of drug-likeness (QED) is 0.829. The molecule has 0 saturated carbocycles. The average molecular weight is 215 g/mol. The van der Waals surface area contributed by atoms with Crippen LogP contribution in [0.5, 0.6) is 0 Å². The van der Waals surface area contributed by atoms with Gasteiger partial charge in [0.25, 0.3) is 0 Å². The molecule has 0 saturated heterocycles. The van der Waals surface area contributed by atoms with Crippen LogP contribution < -0.4 is 11.4 Å². The first-order valence-electron chi connectivity index (χ1n) is 5.09. The summed E-state index contributed by atoms with van der Waals surface area (Å²) in [7, 11) is 0. The number of hydrogen-bond acceptors (Lipinski definition) is 3. The van der Waals surface area contributed by atoms with E-state index in [1.54, 1.807) is 12.3 Å². The van der Waals surface area contributed by atoms with Crippen molar-refractivity contribution in [3.63, 3.8) is 0 Å². The van der Waals surface area contributed by atoms with Gasteiger partial charge in [-0.1, -0.05) is 30.3 Å². The Morgan fingerprint density at radius 2 is 2.00 bits per heavy atom. The monoisotopic (exact) mass is 215 g/mol. The summed E-state index contributed by atoms with van der Waals surface area (Å²) in [6, 6.07) is 11.2. The van der Waals surface area contributed by atoms with Crippen molar-refractivity contribution in [2.24, 2.45) is 5.73 Å². The molecule has 2 N–H and O–H groups in total. The van der Waals surface area contributed by atoms with Crippen LogP contribution in [0.25, 0.3) is 0 Å². The molecule has 4 heteroatoms. The first-order valence-corrected chi connectivity index (χ1v) is 5.09. The normalized spacial score (nSPS) is 12.3. The van der Waals surface area contributed by atoms with Crippen molar-refractivity contribution < 1.29 is 0 Å². The van der Waals surface area contributed by atoms with Crippen LogP contribution in [-0.2, 0) is 6.54 Å². The summed E-state index contributed by atoms with van der Waals surface area (Å²) in [4.78, 5) is 15.1. The van der Waals surface area contributed by atoms with Gasteiger partial charge in [-0.25, -0.2) is 9.78 Å². The van der Waals surface area contributed by atoms with Crippen LogP contribution >= 0.6 is 0 Å². The second-order valence-corrected chi connectivity index (χ2v) is 3.57. The summed E-state index contributed by atoms with van der Waals surface area (Å²) >= 11 is 0. The summed E-state index contributed by atoms with van der Waals surface area (Å²) in [5.74, 6) is 0. The Balaban J connectivity index is 2.17. The number of benzene rings is 1. The Bertz CT molecular complexity index is 507. The van der Waals surface area contributed by atoms with E-state index >= 15 is 0 Å². The van der Waals surface area contributed by atoms with E-state index < -0.39 is 0 Å². The third kappa shape index (κ3) is 2.35. The van der Waals surface area contributed by atoms with E-state index in [4.69, 9.17) is 5.73 Å². The maximum absolute atomic E-state index is 11.4. The third-order valence-electron chi connectivity index (χ3n) is 2.40. The third-order valence-corrected chi connectivity index (χ3v) is 2.40. The van der Waals surface area contributed by atoms with Crippen LogP contribution in [-0.4, -0.2) is 9.55 Å². The summed E-state index contributed by atoms with van der Waals surface area (Å²) < 4.78 is 1.51. The molecule has 0 aliphatic heterocycles. The first-order chi connectivity index (χ1) is 7.77. The van der Waals surface area contributed by atoms with Crippen molar-refractivity contribution >= 4 is 0 Å². The van der Waals surface area contributed by atoms with Gasteiger partial charge < -0.3 is 5.73 Å². The zero-order valence-electron chi connectivity index (χ0n) is 8.78. The molecule has 1 unspecified atom stereocenters. The van der Waals surface area contributed by atoms with E-state index in [1.807, 2.05) is 30.3 Å². The van der Waals surface area contributed by atoms with Gasteiger partial charge in [-0.15, -0.1) is 0 Å². The molecule has 82 valence electrons. The van der Waals surface area contributed by atoms with E-state index in [1.165, 1.54) is 10.8 Å². The van der Waals surface area contributed by atoms with E-state index in [0.29, 0.717) is 6.54 Å². The molecule has 2 rings (SSSR count). The van der Waals surface area contributed by atoms with Gasteiger partial charge in [0.15, 0.2) is 0 Å². The van der Waals surface area contributed by atoms with Crippen LogP contribution in [0.1, 0.15) is 11.6 Å². The zero-order chi connectivity index (χ0) is 11.4. The van der Waals surface area contributed by atoms with Gasteiger partial charge in [0, 0.05) is 25.0 Å². The fourth-order valence-corrected chi connectivity index (χ4v) is 1.54. The molecule has 0 aliphatic carbocycles. The minimum Gasteiger partial charge on any atom is -0.322 e. The number of hydrogen-bond donors (Lipinski definition) is 1. The molecule has 0 bridgehead atoms. The average Bonchev–Trinajstić information content (AvgIpc) is 2.33. The van der Waals surface area contributed by atoms with Crippen molar-refractivity contribution in [1.82, 2.24) is 9.55 Å². The zero-order valence-corrected chi connectivity index (χ0v) is 8.78. The molecule has 0 spiro atoms. The van der Waals surface area contributed by atoms with Crippen LogP contribution in [0.2, 0.25) is 0 Å². The molecule has 2 aromatic rings. The molecule has 1 aromatic heterocycles. The lowest BCUT2D eigenvalue weighted by Crippen LogP contribution is -2.27. The second kappa shape index (κ2) is 4.72. The van der Waals surface area contributed by atoms with Crippen molar-refractivity contribution in [1.29, 1.82) is 0 Å². The summed E-state index contributed by atoms with van der Waals surface area (Å²) in [6.45, 7) is 0.441. The fraction of sp³-hybridized carbons (Fsp3) is 0.167. The molecular weight excluding hydrogens is 202 g/mol. The van der Waals surface area contributed by atoms with Gasteiger partial charge in [-0.3, -0.25) is 4.57 Å². The van der Waals surface area contributed by atoms with Gasteiger partial charge in [0.05, 0.1) is 0 Å². The molecule has 0 fully saturated rings. The largest absolute Gasteiger partial charge is 0.347 e. The fourth-order valence-electron chi connectivity index (χ4n) is 1.54. The van der Waals surface area contributed by atoms with Crippen LogP contribution in [0, 0.1) is 0 Å². The van der Waals surface area contributed by atoms with Crippen LogP contribution in [0.3, 0.4) is 0 Å². The van der Waals surface area contributed by atoms with E-state index in [9.17, 15) is 4.79 Å². The van der Waals surface area contributed by atoms with Gasteiger partial charge >= 0.3 is 5.69 Å². The number of nitrogens with two attached hydrogens (primary N) is 1. The lowest BCUT2D eigenvalue weighted by molar-refractivity contribution is 0.551. The highest BCUT2D eigenvalue weighted by atomic mass is 16.1. The molecule has 1 heterocycles. The SMILES string of the molecule is NC(Cn1cccnc1=O)c1ccccc1. The maximum Gasteiger partial charge on any atom is 0.347 e. The molecular formula is C12H13N3O. The molecule has 4 nitrogen and oxygen atoms in total. The predicted molar refractivity (Wildman–Crippen MR) is 61.9 cm³/mol. The smallest absolute Gasteiger partial charge is 0.322 e. The van der Waals surface area contributed by atoms with E-state index in [-0.39, 0.29) is 11.7 Å². The van der Waals surface area contributed by atoms with Gasteiger partial charge in [-0.05, 0) is 11.6 Å². The van der Waals surface area contributed by atoms with Crippen molar-refractivity contribution in [3.05, 3.63) is 64.8 Å². The van der Waals surface area contributed by atoms with E-state index in [0.717, 1.165) is 5.56 Å². The Morgan fingerprint density at radius 3 is 2.69 bits per heavy atom. The van der Waals surface area contributed by atoms with Crippen molar-refractivity contribution in [3.8, 4) is 0 Å². The number of rotatable bonds is 3. The van der Waals surface area contributed by atoms with Crippen LogP contribution in [0.15, 0.2) is 53.6 Å². The number of nitrogens with zero attached hydrogens (tertiary/aromatic N) is 2. The highest BCUT2D eigenvalue weighted by Crippen LogP contribution is 2.10. The van der Waals surface area contributed by atoms with Crippen molar-refractivity contribution in [2.75, 3.05) is 0 Å². The number of aromatic nitrogens is 2. The van der Waals surface area contributed by atoms with E-state index in [2.05, 4.69) is 4.98 Å². The Kier molecular flexibility index (Phi) is 3.12.